The van der Waals surface area contributed by atoms with E-state index in [9.17, 15) is 4.79 Å². The fourth-order valence-corrected chi connectivity index (χ4v) is 5.82. The number of carbonyl (C=O) groups is 1. The Kier molecular flexibility index (Phi) is 7.43. The molecule has 0 saturated carbocycles. The number of fused-ring (bicyclic) bond motifs is 2. The van der Waals surface area contributed by atoms with E-state index in [4.69, 9.17) is 9.72 Å². The summed E-state index contributed by atoms with van der Waals surface area (Å²) >= 11 is 0. The number of aromatic nitrogens is 5. The van der Waals surface area contributed by atoms with Crippen LogP contribution in [0.15, 0.2) is 73.3 Å². The molecule has 11 heteroatoms. The number of carbonyl (C=O) groups excluding carboxylic acids is 1. The highest BCUT2D eigenvalue weighted by atomic mass is 16.5. The number of nitrogens with one attached hydrogen (secondary N) is 1. The summed E-state index contributed by atoms with van der Waals surface area (Å²) in [7, 11) is 0. The van der Waals surface area contributed by atoms with Crippen LogP contribution in [0.4, 0.5) is 17.3 Å². The number of rotatable bonds is 8. The van der Waals surface area contributed by atoms with Crippen LogP contribution in [0.25, 0.3) is 21.8 Å². The second-order valence-electron chi connectivity index (χ2n) is 10.7. The fourth-order valence-electron chi connectivity index (χ4n) is 5.82. The van der Waals surface area contributed by atoms with Gasteiger partial charge in [-0.05, 0) is 29.8 Å². The Labute approximate surface area is 243 Å². The topological polar surface area (TPSA) is 105 Å². The maximum atomic E-state index is 11.0. The Morgan fingerprint density at radius 2 is 1.83 bits per heavy atom. The standard InChI is InChI=1S/C31H33N9O2/c41-14-12-37-13-15-42-30(21-37)39-10-8-38(9-11-39)29-17-26-27(19-32-29)33-22-34-31(26)36-25-6-7-28-24(16-25)18-35-40(28)20-23-4-2-1-3-5-23/h1-7,14,16-19,22,30H,8-13,15,20-21H2,(H,33,34,36). The van der Waals surface area contributed by atoms with E-state index in [-0.39, 0.29) is 6.23 Å². The highest BCUT2D eigenvalue weighted by Gasteiger charge is 2.29. The Morgan fingerprint density at radius 1 is 0.952 bits per heavy atom. The quantitative estimate of drug-likeness (QED) is 0.283. The number of piperazine rings is 1. The van der Waals surface area contributed by atoms with Gasteiger partial charge in [0.15, 0.2) is 0 Å². The largest absolute Gasteiger partial charge is 0.360 e. The monoisotopic (exact) mass is 563 g/mol. The summed E-state index contributed by atoms with van der Waals surface area (Å²) in [6.45, 7) is 6.83. The number of pyridine rings is 1. The normalized spacial score (nSPS) is 18.5. The number of benzene rings is 2. The SMILES string of the molecule is O=CCN1CCOC(N2CCN(c3cc4c(Nc5ccc6c(cnn6Cc6ccccc6)c5)ncnc4cn3)CC2)C1. The highest BCUT2D eigenvalue weighted by Crippen LogP contribution is 2.28. The van der Waals surface area contributed by atoms with E-state index in [0.29, 0.717) is 13.2 Å². The van der Waals surface area contributed by atoms with E-state index in [1.807, 2.05) is 35.3 Å². The smallest absolute Gasteiger partial charge is 0.141 e. The van der Waals surface area contributed by atoms with Gasteiger partial charge in [0.25, 0.3) is 0 Å². The summed E-state index contributed by atoms with van der Waals surface area (Å²) in [6, 6.07) is 18.7. The first-order chi connectivity index (χ1) is 20.7. The fraction of sp³-hybridized carbons (Fsp3) is 0.323. The molecule has 0 amide bonds. The average Bonchev–Trinajstić information content (AvgIpc) is 3.43. The van der Waals surface area contributed by atoms with E-state index < -0.39 is 0 Å². The van der Waals surface area contributed by atoms with Crippen LogP contribution in [0.1, 0.15) is 5.56 Å². The number of ether oxygens (including phenoxy) is 1. The van der Waals surface area contributed by atoms with E-state index in [1.54, 1.807) is 6.33 Å². The molecule has 2 aliphatic rings. The number of morpholine rings is 1. The molecule has 1 N–H and O–H groups in total. The van der Waals surface area contributed by atoms with Crippen molar-refractivity contribution in [3.63, 3.8) is 0 Å². The zero-order valence-electron chi connectivity index (χ0n) is 23.3. The van der Waals surface area contributed by atoms with E-state index in [2.05, 4.69) is 71.5 Å². The predicted octanol–water partition coefficient (Wildman–Crippen LogP) is 3.15. The van der Waals surface area contributed by atoms with Crippen molar-refractivity contribution in [2.45, 2.75) is 12.8 Å². The van der Waals surface area contributed by atoms with Gasteiger partial charge in [0.05, 0.1) is 43.1 Å². The molecule has 1 unspecified atom stereocenters. The first-order valence-electron chi connectivity index (χ1n) is 14.4. The van der Waals surface area contributed by atoms with Crippen molar-refractivity contribution in [2.75, 3.05) is 62.6 Å². The van der Waals surface area contributed by atoms with Gasteiger partial charge in [0.1, 0.15) is 30.5 Å². The maximum Gasteiger partial charge on any atom is 0.141 e. The second kappa shape index (κ2) is 11.8. The summed E-state index contributed by atoms with van der Waals surface area (Å²) in [5.74, 6) is 1.65. The van der Waals surface area contributed by atoms with Crippen molar-refractivity contribution >= 4 is 45.4 Å². The number of hydrogen-bond acceptors (Lipinski definition) is 10. The molecule has 0 radical (unpaired) electrons. The lowest BCUT2D eigenvalue weighted by atomic mass is 10.2. The zero-order chi connectivity index (χ0) is 28.3. The molecule has 2 fully saturated rings. The van der Waals surface area contributed by atoms with Gasteiger partial charge in [-0.1, -0.05) is 30.3 Å². The molecular weight excluding hydrogens is 530 g/mol. The van der Waals surface area contributed by atoms with Gasteiger partial charge < -0.3 is 19.7 Å². The third kappa shape index (κ3) is 5.54. The van der Waals surface area contributed by atoms with E-state index in [1.165, 1.54) is 5.56 Å². The van der Waals surface area contributed by atoms with E-state index >= 15 is 0 Å². The molecular formula is C31H33N9O2. The minimum atomic E-state index is 0.0254. The lowest BCUT2D eigenvalue weighted by Gasteiger charge is -2.43. The number of aldehydes is 1. The van der Waals surface area contributed by atoms with Crippen LogP contribution in [0.2, 0.25) is 0 Å². The van der Waals surface area contributed by atoms with E-state index in [0.717, 1.165) is 91.2 Å². The van der Waals surface area contributed by atoms with Gasteiger partial charge >= 0.3 is 0 Å². The molecule has 7 rings (SSSR count). The molecule has 2 aromatic carbocycles. The number of hydrogen-bond donors (Lipinski definition) is 1. The summed E-state index contributed by atoms with van der Waals surface area (Å²) in [6.07, 6.45) is 6.29. The third-order valence-electron chi connectivity index (χ3n) is 8.10. The zero-order valence-corrected chi connectivity index (χ0v) is 23.3. The summed E-state index contributed by atoms with van der Waals surface area (Å²) in [5, 5.41) is 10.1. The Bertz CT molecular complexity index is 1680. The Morgan fingerprint density at radius 3 is 2.69 bits per heavy atom. The summed E-state index contributed by atoms with van der Waals surface area (Å²) in [5.41, 5.74) is 4.02. The van der Waals surface area contributed by atoms with Crippen molar-refractivity contribution in [3.8, 4) is 0 Å². The van der Waals surface area contributed by atoms with Gasteiger partial charge in [-0.2, -0.15) is 5.10 Å². The molecule has 11 nitrogen and oxygen atoms in total. The first kappa shape index (κ1) is 26.4. The average molecular weight is 564 g/mol. The number of anilines is 3. The van der Waals surface area contributed by atoms with Gasteiger partial charge in [-0.25, -0.2) is 15.0 Å². The first-order valence-corrected chi connectivity index (χ1v) is 14.4. The molecule has 0 aliphatic carbocycles. The van der Waals surface area contributed by atoms with Crippen LogP contribution in [0, 0.1) is 0 Å². The molecule has 3 aromatic heterocycles. The van der Waals surface area contributed by atoms with Gasteiger partial charge in [-0.15, -0.1) is 0 Å². The van der Waals surface area contributed by atoms with Crippen LogP contribution < -0.4 is 10.2 Å². The van der Waals surface area contributed by atoms with Crippen LogP contribution in [-0.4, -0.2) is 99.5 Å². The molecule has 2 aliphatic heterocycles. The molecule has 0 spiro atoms. The predicted molar refractivity (Wildman–Crippen MR) is 162 cm³/mol. The van der Waals surface area contributed by atoms with Gasteiger partial charge in [0.2, 0.25) is 0 Å². The second-order valence-corrected chi connectivity index (χ2v) is 10.7. The van der Waals surface area contributed by atoms with Crippen molar-refractivity contribution in [1.82, 2.24) is 34.5 Å². The Balaban J connectivity index is 1.06. The molecule has 0 bridgehead atoms. The minimum absolute atomic E-state index is 0.0254. The van der Waals surface area contributed by atoms with Gasteiger partial charge in [0, 0.05) is 55.7 Å². The molecule has 42 heavy (non-hydrogen) atoms. The molecule has 1 atom stereocenters. The van der Waals surface area contributed by atoms with Crippen molar-refractivity contribution in [1.29, 1.82) is 0 Å². The lowest BCUT2D eigenvalue weighted by Crippen LogP contribution is -2.57. The van der Waals surface area contributed by atoms with Crippen molar-refractivity contribution < 1.29 is 9.53 Å². The van der Waals surface area contributed by atoms with Crippen LogP contribution >= 0.6 is 0 Å². The minimum Gasteiger partial charge on any atom is -0.360 e. The van der Waals surface area contributed by atoms with Crippen molar-refractivity contribution in [2.24, 2.45) is 0 Å². The Hall–Kier alpha value is -4.45. The molecule has 214 valence electrons. The van der Waals surface area contributed by atoms with Crippen LogP contribution in [0.5, 0.6) is 0 Å². The molecule has 2 saturated heterocycles. The number of nitrogens with zero attached hydrogens (tertiary/aromatic N) is 8. The van der Waals surface area contributed by atoms with Crippen LogP contribution in [-0.2, 0) is 16.1 Å². The highest BCUT2D eigenvalue weighted by molar-refractivity contribution is 5.93. The van der Waals surface area contributed by atoms with Crippen molar-refractivity contribution in [3.05, 3.63) is 78.9 Å². The lowest BCUT2D eigenvalue weighted by molar-refractivity contribution is -0.122. The third-order valence-corrected chi connectivity index (χ3v) is 8.10. The molecule has 5 heterocycles. The summed E-state index contributed by atoms with van der Waals surface area (Å²) < 4.78 is 8.05. The molecule has 5 aromatic rings. The van der Waals surface area contributed by atoms with Crippen LogP contribution in [0.3, 0.4) is 0 Å². The van der Waals surface area contributed by atoms with Gasteiger partial charge in [-0.3, -0.25) is 14.5 Å². The maximum absolute atomic E-state index is 11.0. The summed E-state index contributed by atoms with van der Waals surface area (Å²) in [4.78, 5) is 31.5.